The number of hydrogen-bond donors (Lipinski definition) is 5. The maximum Gasteiger partial charge on any atom is 0.319 e. The van der Waals surface area contributed by atoms with E-state index >= 15 is 0 Å². The molecule has 19 heteroatoms. The van der Waals surface area contributed by atoms with Crippen molar-refractivity contribution in [1.82, 2.24) is 0 Å². The average molecular weight is 543 g/mol. The van der Waals surface area contributed by atoms with Crippen molar-refractivity contribution in [2.45, 2.75) is 4.90 Å². The number of phenols is 2. The molecule has 0 aromatic heterocycles. The lowest BCUT2D eigenvalue weighted by molar-refractivity contribution is -0.394. The Morgan fingerprint density at radius 1 is 0.889 bits per heavy atom. The van der Waals surface area contributed by atoms with E-state index in [9.17, 15) is 51.8 Å². The van der Waals surface area contributed by atoms with E-state index in [1.54, 1.807) is 0 Å². The Morgan fingerprint density at radius 3 is 2.11 bits per heavy atom. The van der Waals surface area contributed by atoms with Crippen LogP contribution in [0.15, 0.2) is 51.5 Å². The number of hydrogen-bond acceptors (Lipinski definition) is 13. The van der Waals surface area contributed by atoms with Gasteiger partial charge in [-0.2, -0.15) is 16.8 Å². The van der Waals surface area contributed by atoms with Crippen LogP contribution in [0.5, 0.6) is 11.5 Å². The SMILES string of the molecule is O=[N+]([O-])c1cc(N=Nc2c(S(=O)(=O)O)cc3ccc(NCS(=O)(=O)O)cc3c2O)c(O)c([N+](=O)[O-])c1. The van der Waals surface area contributed by atoms with E-state index in [1.165, 1.54) is 12.1 Å². The number of nitro groups is 2. The molecule has 0 aliphatic carbocycles. The molecule has 0 atom stereocenters. The van der Waals surface area contributed by atoms with Crippen LogP contribution in [0.1, 0.15) is 0 Å². The highest BCUT2D eigenvalue weighted by molar-refractivity contribution is 7.86. The van der Waals surface area contributed by atoms with Crippen molar-refractivity contribution >= 4 is 59.4 Å². The third-order valence-corrected chi connectivity index (χ3v) is 5.89. The molecule has 0 heterocycles. The maximum absolute atomic E-state index is 11.9. The molecule has 5 N–H and O–H groups in total. The first kappa shape index (κ1) is 26.2. The molecule has 0 fully saturated rings. The Hall–Kier alpha value is -4.46. The van der Waals surface area contributed by atoms with Gasteiger partial charge in [-0.25, -0.2) is 0 Å². The fourth-order valence-electron chi connectivity index (χ4n) is 2.93. The number of fused-ring (bicyclic) bond motifs is 1. The third-order valence-electron chi connectivity index (χ3n) is 4.51. The molecule has 0 saturated carbocycles. The molecule has 0 saturated heterocycles. The van der Waals surface area contributed by atoms with Crippen LogP contribution in [0.25, 0.3) is 10.8 Å². The molecule has 3 aromatic rings. The van der Waals surface area contributed by atoms with Crippen LogP contribution in [-0.4, -0.2) is 51.9 Å². The number of aromatic hydroxyl groups is 2. The minimum atomic E-state index is -5.07. The van der Waals surface area contributed by atoms with Gasteiger partial charge in [-0.3, -0.25) is 29.3 Å². The van der Waals surface area contributed by atoms with Crippen molar-refractivity contribution in [1.29, 1.82) is 0 Å². The van der Waals surface area contributed by atoms with Crippen molar-refractivity contribution in [3.8, 4) is 11.5 Å². The second-order valence-electron chi connectivity index (χ2n) is 6.93. The summed E-state index contributed by atoms with van der Waals surface area (Å²) >= 11 is 0. The van der Waals surface area contributed by atoms with Crippen molar-refractivity contribution < 1.29 is 46.0 Å². The van der Waals surface area contributed by atoms with E-state index in [2.05, 4.69) is 15.5 Å². The van der Waals surface area contributed by atoms with Gasteiger partial charge < -0.3 is 15.5 Å². The van der Waals surface area contributed by atoms with Gasteiger partial charge in [0.05, 0.1) is 15.9 Å². The van der Waals surface area contributed by atoms with Gasteiger partial charge in [-0.15, -0.1) is 10.2 Å². The molecule has 0 aliphatic heterocycles. The third kappa shape index (κ3) is 5.60. The first-order chi connectivity index (χ1) is 16.6. The number of anilines is 1. The summed E-state index contributed by atoms with van der Waals surface area (Å²) in [4.78, 5) is 19.0. The second kappa shape index (κ2) is 9.30. The minimum Gasteiger partial charge on any atom is -0.505 e. The van der Waals surface area contributed by atoms with Crippen LogP contribution in [-0.2, 0) is 20.2 Å². The molecule has 36 heavy (non-hydrogen) atoms. The molecule has 0 bridgehead atoms. The van der Waals surface area contributed by atoms with E-state index in [-0.39, 0.29) is 16.5 Å². The van der Waals surface area contributed by atoms with Gasteiger partial charge in [0.2, 0.25) is 5.75 Å². The highest BCUT2D eigenvalue weighted by Gasteiger charge is 2.26. The Morgan fingerprint density at radius 2 is 1.56 bits per heavy atom. The molecule has 0 aliphatic rings. The van der Waals surface area contributed by atoms with Gasteiger partial charge in [0, 0.05) is 17.1 Å². The Balaban J connectivity index is 2.23. The summed E-state index contributed by atoms with van der Waals surface area (Å²) in [6.45, 7) is 0. The molecule has 17 nitrogen and oxygen atoms in total. The lowest BCUT2D eigenvalue weighted by atomic mass is 10.1. The van der Waals surface area contributed by atoms with Crippen LogP contribution in [0.4, 0.5) is 28.4 Å². The molecule has 0 spiro atoms. The van der Waals surface area contributed by atoms with Crippen molar-refractivity contribution in [3.05, 3.63) is 56.6 Å². The summed E-state index contributed by atoms with van der Waals surface area (Å²) in [6, 6.07) is 5.54. The monoisotopic (exact) mass is 543 g/mol. The van der Waals surface area contributed by atoms with E-state index in [4.69, 9.17) is 4.55 Å². The number of nitrogens with zero attached hydrogens (tertiary/aromatic N) is 4. The van der Waals surface area contributed by atoms with Crippen molar-refractivity contribution in [2.24, 2.45) is 10.2 Å². The van der Waals surface area contributed by atoms with Gasteiger partial charge >= 0.3 is 5.69 Å². The maximum atomic E-state index is 11.9. The molecule has 0 unspecified atom stereocenters. The smallest absolute Gasteiger partial charge is 0.319 e. The van der Waals surface area contributed by atoms with E-state index in [0.29, 0.717) is 12.1 Å². The number of nitro benzene ring substituents is 2. The Bertz CT molecular complexity index is 1670. The topological polar surface area (TPSA) is 272 Å². The minimum absolute atomic E-state index is 0.0188. The predicted octanol–water partition coefficient (Wildman–Crippen LogP) is 2.99. The molecule has 0 amide bonds. The van der Waals surface area contributed by atoms with Crippen molar-refractivity contribution in [2.75, 3.05) is 11.2 Å². The number of rotatable bonds is 8. The molecule has 190 valence electrons. The summed E-state index contributed by atoms with van der Waals surface area (Å²) < 4.78 is 64.1. The first-order valence-electron chi connectivity index (χ1n) is 9.12. The normalized spacial score (nSPS) is 12.2. The molecule has 3 aromatic carbocycles. The van der Waals surface area contributed by atoms with Crippen LogP contribution >= 0.6 is 0 Å². The summed E-state index contributed by atoms with van der Waals surface area (Å²) in [5.41, 5.74) is -3.67. The highest BCUT2D eigenvalue weighted by Crippen LogP contribution is 2.44. The Labute approximate surface area is 200 Å². The van der Waals surface area contributed by atoms with E-state index in [1.807, 2.05) is 0 Å². The number of nitrogens with one attached hydrogen (secondary N) is 1. The first-order valence-corrected chi connectivity index (χ1v) is 12.2. The van der Waals surface area contributed by atoms with E-state index < -0.39 is 75.1 Å². The average Bonchev–Trinajstić information content (AvgIpc) is 2.76. The predicted molar refractivity (Wildman–Crippen MR) is 121 cm³/mol. The fourth-order valence-corrected chi connectivity index (χ4v) is 3.94. The number of benzene rings is 3. The highest BCUT2D eigenvalue weighted by atomic mass is 32.2. The standard InChI is InChI=1S/C17H13N5O12S2/c23-16-11-4-9(18-7-35(29,30)31)2-1-8(11)3-14(36(32,33)34)15(16)20-19-12-5-10(21(25)26)6-13(17(12)24)22(27)28/h1-6,18,23-24H,7H2,(H,29,30,31)(H,32,33,34). The number of phenolic OH excluding ortho intramolecular Hbond substituents is 2. The van der Waals surface area contributed by atoms with Gasteiger partial charge in [0.25, 0.3) is 25.9 Å². The van der Waals surface area contributed by atoms with Crippen molar-refractivity contribution in [3.63, 3.8) is 0 Å². The van der Waals surface area contributed by atoms with Crippen LogP contribution in [0, 0.1) is 20.2 Å². The van der Waals surface area contributed by atoms with Crippen LogP contribution in [0.3, 0.4) is 0 Å². The molecular formula is C17H13N5O12S2. The molecule has 3 rings (SSSR count). The largest absolute Gasteiger partial charge is 0.505 e. The van der Waals surface area contributed by atoms with Gasteiger partial charge in [0.1, 0.15) is 22.1 Å². The summed E-state index contributed by atoms with van der Waals surface area (Å²) in [5.74, 6) is -2.97. The van der Waals surface area contributed by atoms with Crippen LogP contribution in [0.2, 0.25) is 0 Å². The van der Waals surface area contributed by atoms with E-state index in [0.717, 1.165) is 12.1 Å². The Kier molecular flexibility index (Phi) is 6.75. The lowest BCUT2D eigenvalue weighted by Crippen LogP contribution is -2.12. The zero-order valence-corrected chi connectivity index (χ0v) is 19.0. The van der Waals surface area contributed by atoms with Crippen LogP contribution < -0.4 is 5.32 Å². The van der Waals surface area contributed by atoms with Gasteiger partial charge in [-0.05, 0) is 23.6 Å². The zero-order chi connectivity index (χ0) is 27.0. The number of non-ortho nitro benzene ring substituents is 1. The zero-order valence-electron chi connectivity index (χ0n) is 17.3. The van der Waals surface area contributed by atoms with Gasteiger partial charge in [0.15, 0.2) is 5.75 Å². The summed E-state index contributed by atoms with van der Waals surface area (Å²) in [6.07, 6.45) is 0. The summed E-state index contributed by atoms with van der Waals surface area (Å²) in [7, 11) is -9.49. The van der Waals surface area contributed by atoms with Gasteiger partial charge in [-0.1, -0.05) is 6.07 Å². The lowest BCUT2D eigenvalue weighted by Gasteiger charge is -2.11. The summed E-state index contributed by atoms with van der Waals surface area (Å²) in [5, 5.41) is 51.9. The number of azo groups is 1. The molecular weight excluding hydrogens is 530 g/mol. The second-order valence-corrected chi connectivity index (χ2v) is 9.78. The fraction of sp³-hybridized carbons (Fsp3) is 0.0588. The quantitative estimate of drug-likeness (QED) is 0.118. The molecule has 0 radical (unpaired) electrons.